The second-order valence-electron chi connectivity index (χ2n) is 6.41. The van der Waals surface area contributed by atoms with E-state index in [4.69, 9.17) is 9.47 Å². The Hall–Kier alpha value is -1.30. The quantitative estimate of drug-likeness (QED) is 0.837. The molecule has 1 fully saturated rings. The number of rotatable bonds is 6. The summed E-state index contributed by atoms with van der Waals surface area (Å²) in [6.07, 6.45) is 0. The Balaban J connectivity index is 2.53. The third-order valence-electron chi connectivity index (χ3n) is 4.40. The van der Waals surface area contributed by atoms with Gasteiger partial charge in [0.05, 0.1) is 19.8 Å². The van der Waals surface area contributed by atoms with Crippen LogP contribution in [-0.2, 0) is 0 Å². The van der Waals surface area contributed by atoms with Gasteiger partial charge in [-0.3, -0.25) is 4.90 Å². The summed E-state index contributed by atoms with van der Waals surface area (Å²) >= 11 is 0. The van der Waals surface area contributed by atoms with E-state index in [0.29, 0.717) is 0 Å². The van der Waals surface area contributed by atoms with Crippen LogP contribution in [0.15, 0.2) is 18.2 Å². The lowest BCUT2D eigenvalue weighted by Crippen LogP contribution is -2.49. The fourth-order valence-corrected chi connectivity index (χ4v) is 3.24. The van der Waals surface area contributed by atoms with Gasteiger partial charge < -0.3 is 19.9 Å². The van der Waals surface area contributed by atoms with Gasteiger partial charge in [0.15, 0.2) is 0 Å². The number of piperazine rings is 1. The lowest BCUT2D eigenvalue weighted by atomic mass is 9.79. The van der Waals surface area contributed by atoms with Crippen molar-refractivity contribution in [1.82, 2.24) is 10.2 Å². The van der Waals surface area contributed by atoms with E-state index in [0.717, 1.165) is 43.2 Å². The first kappa shape index (κ1) is 17.1. The minimum Gasteiger partial charge on any atom is -0.496 e. The average Bonchev–Trinajstić information content (AvgIpc) is 2.56. The molecule has 5 nitrogen and oxygen atoms in total. The summed E-state index contributed by atoms with van der Waals surface area (Å²) in [7, 11) is 3.36. The second kappa shape index (κ2) is 7.31. The molecule has 1 saturated heterocycles. The fourth-order valence-electron chi connectivity index (χ4n) is 3.24. The smallest absolute Gasteiger partial charge is 0.127 e. The molecule has 2 rings (SSSR count). The van der Waals surface area contributed by atoms with E-state index in [1.807, 2.05) is 18.2 Å². The lowest BCUT2D eigenvalue weighted by Gasteiger charge is -2.44. The van der Waals surface area contributed by atoms with E-state index in [1.165, 1.54) is 0 Å². The van der Waals surface area contributed by atoms with E-state index < -0.39 is 0 Å². The summed E-state index contributed by atoms with van der Waals surface area (Å²) in [5.41, 5.74) is 0.715. The fraction of sp³-hybridized carbons (Fsp3) is 0.647. The summed E-state index contributed by atoms with van der Waals surface area (Å²) in [6.45, 7) is 8.06. The highest BCUT2D eigenvalue weighted by atomic mass is 16.5. The standard InChI is InChI=1S/C17H28N2O3/c1-17(2,12-20)16(19-10-8-18-9-11-19)15-13(21-3)6-5-7-14(15)22-4/h5-7,16,18,20H,8-12H2,1-4H3/t16-/m1/s1. The van der Waals surface area contributed by atoms with E-state index in [1.54, 1.807) is 14.2 Å². The zero-order valence-corrected chi connectivity index (χ0v) is 14.1. The molecule has 2 N–H and O–H groups in total. The predicted molar refractivity (Wildman–Crippen MR) is 87.6 cm³/mol. The van der Waals surface area contributed by atoms with Gasteiger partial charge in [-0.05, 0) is 12.1 Å². The Morgan fingerprint density at radius 1 is 1.18 bits per heavy atom. The van der Waals surface area contributed by atoms with Crippen molar-refractivity contribution in [3.05, 3.63) is 23.8 Å². The molecule has 1 atom stereocenters. The Labute approximate surface area is 133 Å². The molecule has 0 aromatic heterocycles. The molecule has 1 aliphatic heterocycles. The summed E-state index contributed by atoms with van der Waals surface area (Å²) in [6, 6.07) is 5.88. The van der Waals surface area contributed by atoms with Crippen LogP contribution < -0.4 is 14.8 Å². The first-order chi connectivity index (χ1) is 10.5. The van der Waals surface area contributed by atoms with Crippen LogP contribution in [0.5, 0.6) is 11.5 Å². The molecule has 1 aliphatic rings. The van der Waals surface area contributed by atoms with Crippen LogP contribution >= 0.6 is 0 Å². The summed E-state index contributed by atoms with van der Waals surface area (Å²) in [4.78, 5) is 2.41. The van der Waals surface area contributed by atoms with Crippen LogP contribution in [0.1, 0.15) is 25.5 Å². The molecule has 1 heterocycles. The molecule has 5 heteroatoms. The van der Waals surface area contributed by atoms with Crippen molar-refractivity contribution in [2.24, 2.45) is 5.41 Å². The van der Waals surface area contributed by atoms with Gasteiger partial charge in [-0.1, -0.05) is 19.9 Å². The molecular formula is C17H28N2O3. The molecule has 0 bridgehead atoms. The van der Waals surface area contributed by atoms with Gasteiger partial charge in [0.25, 0.3) is 0 Å². The summed E-state index contributed by atoms with van der Waals surface area (Å²) in [5.74, 6) is 1.62. The highest BCUT2D eigenvalue weighted by Gasteiger charge is 2.39. The molecule has 1 aromatic rings. The number of benzene rings is 1. The zero-order chi connectivity index (χ0) is 16.2. The molecule has 0 unspecified atom stereocenters. The Morgan fingerprint density at radius 2 is 1.73 bits per heavy atom. The van der Waals surface area contributed by atoms with Crippen molar-refractivity contribution in [2.45, 2.75) is 19.9 Å². The number of nitrogens with one attached hydrogen (secondary N) is 1. The maximum atomic E-state index is 9.96. The van der Waals surface area contributed by atoms with E-state index in [9.17, 15) is 5.11 Å². The zero-order valence-electron chi connectivity index (χ0n) is 14.1. The topological polar surface area (TPSA) is 54.0 Å². The number of hydrogen-bond acceptors (Lipinski definition) is 5. The van der Waals surface area contributed by atoms with Crippen LogP contribution in [0.25, 0.3) is 0 Å². The number of hydrogen-bond donors (Lipinski definition) is 2. The van der Waals surface area contributed by atoms with Crippen molar-refractivity contribution in [3.8, 4) is 11.5 Å². The molecule has 0 aliphatic carbocycles. The molecule has 124 valence electrons. The Morgan fingerprint density at radius 3 is 2.18 bits per heavy atom. The van der Waals surface area contributed by atoms with Gasteiger partial charge in [-0.25, -0.2) is 0 Å². The van der Waals surface area contributed by atoms with Crippen molar-refractivity contribution < 1.29 is 14.6 Å². The lowest BCUT2D eigenvalue weighted by molar-refractivity contribution is 0.0279. The molecule has 0 saturated carbocycles. The van der Waals surface area contributed by atoms with Crippen LogP contribution in [-0.4, -0.2) is 57.0 Å². The van der Waals surface area contributed by atoms with E-state index in [-0.39, 0.29) is 18.1 Å². The van der Waals surface area contributed by atoms with Crippen molar-refractivity contribution >= 4 is 0 Å². The van der Waals surface area contributed by atoms with Crippen molar-refractivity contribution in [1.29, 1.82) is 0 Å². The van der Waals surface area contributed by atoms with Crippen LogP contribution in [0, 0.1) is 5.41 Å². The first-order valence-electron chi connectivity index (χ1n) is 7.81. The number of methoxy groups -OCH3 is 2. The normalized spacial score (nSPS) is 18.0. The third-order valence-corrected chi connectivity index (χ3v) is 4.40. The van der Waals surface area contributed by atoms with Crippen LogP contribution in [0.4, 0.5) is 0 Å². The van der Waals surface area contributed by atoms with E-state index in [2.05, 4.69) is 24.1 Å². The number of nitrogens with zero attached hydrogens (tertiary/aromatic N) is 1. The molecule has 1 aromatic carbocycles. The maximum absolute atomic E-state index is 9.96. The van der Waals surface area contributed by atoms with Crippen molar-refractivity contribution in [2.75, 3.05) is 47.0 Å². The minimum absolute atomic E-state index is 0.0331. The Kier molecular flexibility index (Phi) is 5.67. The van der Waals surface area contributed by atoms with E-state index >= 15 is 0 Å². The van der Waals surface area contributed by atoms with Gasteiger partial charge in [0.2, 0.25) is 0 Å². The second-order valence-corrected chi connectivity index (χ2v) is 6.41. The summed E-state index contributed by atoms with van der Waals surface area (Å²) < 4.78 is 11.2. The largest absolute Gasteiger partial charge is 0.496 e. The molecule has 22 heavy (non-hydrogen) atoms. The van der Waals surface area contributed by atoms with Gasteiger partial charge >= 0.3 is 0 Å². The molecule has 0 amide bonds. The first-order valence-corrected chi connectivity index (χ1v) is 7.81. The third kappa shape index (κ3) is 3.37. The maximum Gasteiger partial charge on any atom is 0.127 e. The van der Waals surface area contributed by atoms with Crippen LogP contribution in [0.3, 0.4) is 0 Å². The van der Waals surface area contributed by atoms with Gasteiger partial charge in [0, 0.05) is 44.2 Å². The monoisotopic (exact) mass is 308 g/mol. The van der Waals surface area contributed by atoms with Crippen molar-refractivity contribution in [3.63, 3.8) is 0 Å². The van der Waals surface area contributed by atoms with Crippen LogP contribution in [0.2, 0.25) is 0 Å². The minimum atomic E-state index is -0.306. The summed E-state index contributed by atoms with van der Waals surface area (Å²) in [5, 5.41) is 13.3. The molecule has 0 radical (unpaired) electrons. The highest BCUT2D eigenvalue weighted by molar-refractivity contribution is 5.48. The predicted octanol–water partition coefficient (Wildman–Crippen LogP) is 1.67. The SMILES string of the molecule is COc1cccc(OC)c1[C@@H](N1CCNCC1)C(C)(C)CO. The average molecular weight is 308 g/mol. The number of ether oxygens (including phenoxy) is 2. The van der Waals surface area contributed by atoms with Gasteiger partial charge in [-0.15, -0.1) is 0 Å². The molecule has 0 spiro atoms. The number of aliphatic hydroxyl groups excluding tert-OH is 1. The number of aliphatic hydroxyl groups is 1. The Bertz CT molecular complexity index is 463. The van der Waals surface area contributed by atoms with Gasteiger partial charge in [-0.2, -0.15) is 0 Å². The molecular weight excluding hydrogens is 280 g/mol. The van der Waals surface area contributed by atoms with Gasteiger partial charge in [0.1, 0.15) is 11.5 Å². The highest BCUT2D eigenvalue weighted by Crippen LogP contribution is 2.46.